The van der Waals surface area contributed by atoms with Gasteiger partial charge in [0.05, 0.1) is 20.8 Å². The van der Waals surface area contributed by atoms with Crippen molar-refractivity contribution in [2.24, 2.45) is 0 Å². The lowest BCUT2D eigenvalue weighted by Crippen LogP contribution is -2.11. The summed E-state index contributed by atoms with van der Waals surface area (Å²) in [5.41, 5.74) is 2.48. The highest BCUT2D eigenvalue weighted by atomic mass is 32.1. The third-order valence-electron chi connectivity index (χ3n) is 4.71. The van der Waals surface area contributed by atoms with Crippen molar-refractivity contribution in [1.82, 2.24) is 15.0 Å². The molecule has 0 radical (unpaired) electrons. The van der Waals surface area contributed by atoms with Gasteiger partial charge in [-0.2, -0.15) is 0 Å². The highest BCUT2D eigenvalue weighted by Crippen LogP contribution is 2.40. The van der Waals surface area contributed by atoms with Crippen LogP contribution in [0.25, 0.3) is 20.4 Å². The number of thiazole rings is 1. The number of nitrogens with one attached hydrogen (secondary N) is 1. The molecule has 3 aromatic heterocycles. The van der Waals surface area contributed by atoms with Crippen molar-refractivity contribution < 1.29 is 9.18 Å². The minimum atomic E-state index is -0.315. The average Bonchev–Trinajstić information content (AvgIpc) is 3.31. The molecule has 27 heavy (non-hydrogen) atoms. The largest absolute Gasteiger partial charge is 0.297 e. The molecule has 1 saturated carbocycles. The second-order valence-electron chi connectivity index (χ2n) is 6.76. The maximum Gasteiger partial charge on any atom is 0.267 e. The summed E-state index contributed by atoms with van der Waals surface area (Å²) in [5.74, 6) is 0.824. The fourth-order valence-electron chi connectivity index (χ4n) is 3.21. The monoisotopic (exact) mass is 398 g/mol. The second-order valence-corrected chi connectivity index (χ2v) is 8.79. The number of fused-ring (bicyclic) bond motifs is 2. The Morgan fingerprint density at radius 1 is 1.19 bits per heavy atom. The molecule has 1 amide bonds. The first kappa shape index (κ1) is 16.7. The summed E-state index contributed by atoms with van der Waals surface area (Å²) in [6.07, 6.45) is 2.28. The molecule has 8 heteroatoms. The maximum absolute atomic E-state index is 13.4. The van der Waals surface area contributed by atoms with Crippen LogP contribution in [-0.2, 0) is 0 Å². The second kappa shape index (κ2) is 6.03. The minimum Gasteiger partial charge on any atom is -0.297 e. The van der Waals surface area contributed by atoms with Crippen LogP contribution >= 0.6 is 22.7 Å². The third-order valence-corrected chi connectivity index (χ3v) is 6.83. The minimum absolute atomic E-state index is 0.220. The van der Waals surface area contributed by atoms with E-state index in [1.165, 1.54) is 34.8 Å². The summed E-state index contributed by atoms with van der Waals surface area (Å²) in [6.45, 7) is 3.90. The number of halogens is 1. The average molecular weight is 398 g/mol. The molecule has 1 fully saturated rings. The Bertz CT molecular complexity index is 1230. The Kier molecular flexibility index (Phi) is 3.73. The van der Waals surface area contributed by atoms with Gasteiger partial charge >= 0.3 is 0 Å². The highest BCUT2D eigenvalue weighted by Gasteiger charge is 2.28. The number of nitrogens with zero attached hydrogens (tertiary/aromatic N) is 3. The number of hydrogen-bond acceptors (Lipinski definition) is 6. The van der Waals surface area contributed by atoms with Gasteiger partial charge < -0.3 is 0 Å². The van der Waals surface area contributed by atoms with Crippen molar-refractivity contribution in [3.63, 3.8) is 0 Å². The molecule has 0 aliphatic heterocycles. The molecule has 1 aliphatic rings. The van der Waals surface area contributed by atoms with E-state index in [-0.39, 0.29) is 11.7 Å². The number of amides is 1. The first-order valence-corrected chi connectivity index (χ1v) is 10.3. The number of hydrogen-bond donors (Lipinski definition) is 1. The number of rotatable bonds is 3. The highest BCUT2D eigenvalue weighted by molar-refractivity contribution is 7.23. The number of aryl methyl sites for hydroxylation is 2. The van der Waals surface area contributed by atoms with E-state index in [0.29, 0.717) is 26.1 Å². The van der Waals surface area contributed by atoms with E-state index >= 15 is 0 Å². The smallest absolute Gasteiger partial charge is 0.267 e. The van der Waals surface area contributed by atoms with Crippen LogP contribution < -0.4 is 5.32 Å². The number of benzene rings is 1. The molecule has 0 atom stereocenters. The normalized spacial score (nSPS) is 14.2. The number of carbonyl (C=O) groups excluding carboxylic acids is 1. The van der Waals surface area contributed by atoms with E-state index in [1.807, 2.05) is 13.8 Å². The molecular formula is C19H15FN4OS2. The Labute approximate surface area is 162 Å². The number of thiophene rings is 1. The standard InChI is InChI=1S/C19H15FN4OS2/c1-8-14-9(2)21-16(10-3-4-10)23-18(14)27-15(8)17(25)24-19-22-12-6-5-11(20)7-13(12)26-19/h5-7,10H,3-4H2,1-2H3,(H,22,24,25). The molecule has 0 unspecified atom stereocenters. The van der Waals surface area contributed by atoms with Crippen LogP contribution in [-0.4, -0.2) is 20.9 Å². The molecule has 5 rings (SSSR count). The molecule has 0 spiro atoms. The molecule has 1 N–H and O–H groups in total. The van der Waals surface area contributed by atoms with Gasteiger partial charge in [0, 0.05) is 11.3 Å². The van der Waals surface area contributed by atoms with Crippen LogP contribution in [0.3, 0.4) is 0 Å². The summed E-state index contributed by atoms with van der Waals surface area (Å²) in [4.78, 5) is 28.0. The van der Waals surface area contributed by atoms with Gasteiger partial charge in [-0.15, -0.1) is 11.3 Å². The summed E-state index contributed by atoms with van der Waals surface area (Å²) >= 11 is 2.65. The summed E-state index contributed by atoms with van der Waals surface area (Å²) < 4.78 is 14.1. The SMILES string of the molecule is Cc1nc(C2CC2)nc2sc(C(=O)Nc3nc4ccc(F)cc4s3)c(C)c12. The molecule has 4 aromatic rings. The van der Waals surface area contributed by atoms with Gasteiger partial charge in [0.2, 0.25) is 0 Å². The number of aromatic nitrogens is 3. The van der Waals surface area contributed by atoms with E-state index in [0.717, 1.165) is 40.1 Å². The van der Waals surface area contributed by atoms with Gasteiger partial charge in [-0.3, -0.25) is 10.1 Å². The lowest BCUT2D eigenvalue weighted by molar-refractivity contribution is 0.103. The van der Waals surface area contributed by atoms with Crippen LogP contribution in [0.4, 0.5) is 9.52 Å². The van der Waals surface area contributed by atoms with Gasteiger partial charge in [-0.05, 0) is 50.5 Å². The Morgan fingerprint density at radius 3 is 2.78 bits per heavy atom. The molecule has 0 saturated heterocycles. The van der Waals surface area contributed by atoms with Gasteiger partial charge in [0.1, 0.15) is 16.5 Å². The first-order chi connectivity index (χ1) is 13.0. The van der Waals surface area contributed by atoms with Crippen molar-refractivity contribution in [1.29, 1.82) is 0 Å². The van der Waals surface area contributed by atoms with Crippen LogP contribution in [0.5, 0.6) is 0 Å². The molecule has 1 aliphatic carbocycles. The van der Waals surface area contributed by atoms with Crippen LogP contribution in [0.2, 0.25) is 0 Å². The molecule has 5 nitrogen and oxygen atoms in total. The van der Waals surface area contributed by atoms with Crippen LogP contribution in [0.15, 0.2) is 18.2 Å². The van der Waals surface area contributed by atoms with Crippen molar-refractivity contribution >= 4 is 54.1 Å². The predicted molar refractivity (Wildman–Crippen MR) is 106 cm³/mol. The van der Waals surface area contributed by atoms with Gasteiger partial charge in [-0.25, -0.2) is 19.3 Å². The maximum atomic E-state index is 13.4. The number of anilines is 1. The van der Waals surface area contributed by atoms with Gasteiger partial charge in [0.25, 0.3) is 5.91 Å². The zero-order valence-corrected chi connectivity index (χ0v) is 16.3. The Morgan fingerprint density at radius 2 is 2.00 bits per heavy atom. The number of carbonyl (C=O) groups is 1. The summed E-state index contributed by atoms with van der Waals surface area (Å²) in [5, 5.41) is 4.26. The van der Waals surface area contributed by atoms with Crippen molar-refractivity contribution in [3.05, 3.63) is 46.0 Å². The zero-order valence-electron chi connectivity index (χ0n) is 14.7. The van der Waals surface area contributed by atoms with Gasteiger partial charge in [-0.1, -0.05) is 11.3 Å². The van der Waals surface area contributed by atoms with Crippen molar-refractivity contribution in [2.75, 3.05) is 5.32 Å². The Hall–Kier alpha value is -2.45. The Balaban J connectivity index is 1.50. The molecule has 1 aromatic carbocycles. The molecular weight excluding hydrogens is 383 g/mol. The van der Waals surface area contributed by atoms with E-state index in [9.17, 15) is 9.18 Å². The van der Waals surface area contributed by atoms with Gasteiger partial charge in [0.15, 0.2) is 5.13 Å². The molecule has 136 valence electrons. The van der Waals surface area contributed by atoms with E-state index in [4.69, 9.17) is 0 Å². The molecule has 0 bridgehead atoms. The van der Waals surface area contributed by atoms with E-state index in [1.54, 1.807) is 6.07 Å². The van der Waals surface area contributed by atoms with E-state index < -0.39 is 0 Å². The van der Waals surface area contributed by atoms with Crippen molar-refractivity contribution in [2.45, 2.75) is 32.6 Å². The lowest BCUT2D eigenvalue weighted by atomic mass is 10.1. The van der Waals surface area contributed by atoms with E-state index in [2.05, 4.69) is 20.3 Å². The van der Waals surface area contributed by atoms with Crippen LogP contribution in [0.1, 0.15) is 45.5 Å². The molecule has 3 heterocycles. The van der Waals surface area contributed by atoms with Crippen molar-refractivity contribution in [3.8, 4) is 0 Å². The fraction of sp³-hybridized carbons (Fsp3) is 0.263. The van der Waals surface area contributed by atoms with Crippen LogP contribution in [0, 0.1) is 19.7 Å². The quantitative estimate of drug-likeness (QED) is 0.516. The zero-order chi connectivity index (χ0) is 18.7. The topological polar surface area (TPSA) is 67.8 Å². The summed E-state index contributed by atoms with van der Waals surface area (Å²) in [6, 6.07) is 4.40. The fourth-order valence-corrected chi connectivity index (χ4v) is 5.23. The third kappa shape index (κ3) is 2.89. The summed E-state index contributed by atoms with van der Waals surface area (Å²) in [7, 11) is 0. The first-order valence-electron chi connectivity index (χ1n) is 8.64. The lowest BCUT2D eigenvalue weighted by Gasteiger charge is -2.02. The predicted octanol–water partition coefficient (Wildman–Crippen LogP) is 5.19.